The second-order valence-electron chi connectivity index (χ2n) is 6.94. The molecular weight excluding hydrogens is 384 g/mol. The Morgan fingerprint density at radius 1 is 1.07 bits per heavy atom. The summed E-state index contributed by atoms with van der Waals surface area (Å²) < 4.78 is 24.1. The van der Waals surface area contributed by atoms with Gasteiger partial charge < -0.3 is 9.80 Å². The largest absolute Gasteiger partial charge is 0.367 e. The van der Waals surface area contributed by atoms with Crippen LogP contribution in [0.5, 0.6) is 0 Å². The van der Waals surface area contributed by atoms with Crippen LogP contribution in [0, 0.1) is 5.92 Å². The molecule has 4 rings (SSSR count). The van der Waals surface area contributed by atoms with Crippen LogP contribution in [0.3, 0.4) is 0 Å². The summed E-state index contributed by atoms with van der Waals surface area (Å²) in [5.74, 6) is 2.09. The van der Waals surface area contributed by atoms with Crippen molar-refractivity contribution in [1.29, 1.82) is 0 Å². The molecule has 1 amide bonds. The van der Waals surface area contributed by atoms with E-state index in [0.29, 0.717) is 37.0 Å². The average molecular weight is 407 g/mol. The van der Waals surface area contributed by atoms with Gasteiger partial charge in [-0.2, -0.15) is 16.8 Å². The molecule has 3 aliphatic rings. The van der Waals surface area contributed by atoms with Gasteiger partial charge in [0.25, 0.3) is 5.91 Å². The molecule has 27 heavy (non-hydrogen) atoms. The van der Waals surface area contributed by atoms with Crippen molar-refractivity contribution in [1.82, 2.24) is 4.90 Å². The number of hydrogen-bond acceptors (Lipinski definition) is 7. The number of guanidine groups is 1. The molecule has 1 unspecified atom stereocenters. The van der Waals surface area contributed by atoms with Gasteiger partial charge in [0.2, 0.25) is 5.96 Å². The number of carbonyl (C=O) groups excluding carboxylic acids is 1. The second kappa shape index (κ2) is 7.27. The molecule has 3 heterocycles. The summed E-state index contributed by atoms with van der Waals surface area (Å²) in [5.41, 5.74) is 1.70. The Kier molecular flexibility index (Phi) is 4.98. The van der Waals surface area contributed by atoms with Gasteiger partial charge in [0.1, 0.15) is 0 Å². The molecular formula is C18H22N4O3S2. The Morgan fingerprint density at radius 2 is 1.78 bits per heavy atom. The molecule has 0 saturated carbocycles. The maximum atomic E-state index is 12.3. The van der Waals surface area contributed by atoms with E-state index in [-0.39, 0.29) is 11.8 Å². The first kappa shape index (κ1) is 18.5. The Balaban J connectivity index is 1.49. The van der Waals surface area contributed by atoms with Crippen LogP contribution in [0.25, 0.3) is 0 Å². The molecule has 2 fully saturated rings. The summed E-state index contributed by atoms with van der Waals surface area (Å²) in [6.07, 6.45) is 2.08. The first-order valence-electron chi connectivity index (χ1n) is 9.00. The van der Waals surface area contributed by atoms with Crippen molar-refractivity contribution in [2.75, 3.05) is 48.8 Å². The van der Waals surface area contributed by atoms with Crippen molar-refractivity contribution in [2.24, 2.45) is 15.9 Å². The van der Waals surface area contributed by atoms with Gasteiger partial charge in [-0.25, -0.2) is 13.4 Å². The van der Waals surface area contributed by atoms with Gasteiger partial charge in [-0.05, 0) is 24.3 Å². The van der Waals surface area contributed by atoms with Crippen molar-refractivity contribution in [3.63, 3.8) is 0 Å². The zero-order valence-corrected chi connectivity index (χ0v) is 16.8. The number of nitrogens with zero attached hydrogens (tertiary/aromatic N) is 4. The van der Waals surface area contributed by atoms with Crippen LogP contribution < -0.4 is 4.90 Å². The number of amides is 1. The first-order chi connectivity index (χ1) is 12.9. The zero-order chi connectivity index (χ0) is 19.0. The molecule has 0 radical (unpaired) electrons. The van der Waals surface area contributed by atoms with Gasteiger partial charge in [-0.3, -0.25) is 4.79 Å². The number of fused-ring (bicyclic) bond motifs is 1. The molecule has 3 aliphatic heterocycles. The number of aliphatic imine (C=N–C) groups is 2. The van der Waals surface area contributed by atoms with Crippen LogP contribution in [-0.4, -0.2) is 74.8 Å². The number of anilines is 1. The van der Waals surface area contributed by atoms with Gasteiger partial charge in [0, 0.05) is 43.9 Å². The molecule has 7 nitrogen and oxygen atoms in total. The molecule has 0 spiro atoms. The number of sulfone groups is 1. The SMILES string of the molecule is CS(=O)(=O)c1ccccc1N1CCN(C2=NC(=O)C3CSCCC3=N2)CC1. The minimum absolute atomic E-state index is 0.0768. The molecule has 0 bridgehead atoms. The van der Waals surface area contributed by atoms with Crippen LogP contribution >= 0.6 is 11.8 Å². The molecule has 2 saturated heterocycles. The van der Waals surface area contributed by atoms with E-state index >= 15 is 0 Å². The van der Waals surface area contributed by atoms with Crippen LogP contribution in [0.15, 0.2) is 39.1 Å². The fraction of sp³-hybridized carbons (Fsp3) is 0.500. The zero-order valence-electron chi connectivity index (χ0n) is 15.2. The number of rotatable bonds is 2. The Morgan fingerprint density at radius 3 is 2.52 bits per heavy atom. The van der Waals surface area contributed by atoms with E-state index in [9.17, 15) is 13.2 Å². The van der Waals surface area contributed by atoms with E-state index < -0.39 is 9.84 Å². The Labute approximate surface area is 163 Å². The third-order valence-electron chi connectivity index (χ3n) is 5.11. The predicted molar refractivity (Wildman–Crippen MR) is 109 cm³/mol. The summed E-state index contributed by atoms with van der Waals surface area (Å²) >= 11 is 1.78. The fourth-order valence-electron chi connectivity index (χ4n) is 3.65. The number of benzene rings is 1. The predicted octanol–water partition coefficient (Wildman–Crippen LogP) is 1.30. The molecule has 0 aromatic heterocycles. The highest BCUT2D eigenvalue weighted by Crippen LogP contribution is 2.28. The second-order valence-corrected chi connectivity index (χ2v) is 10.1. The highest BCUT2D eigenvalue weighted by Gasteiger charge is 2.33. The van der Waals surface area contributed by atoms with Crippen LogP contribution in [0.2, 0.25) is 0 Å². The van der Waals surface area contributed by atoms with Gasteiger partial charge in [0.15, 0.2) is 9.84 Å². The number of para-hydroxylation sites is 1. The quantitative estimate of drug-likeness (QED) is 0.736. The number of piperazine rings is 1. The normalized spacial score (nSPS) is 23.6. The smallest absolute Gasteiger partial charge is 0.258 e. The lowest BCUT2D eigenvalue weighted by atomic mass is 10.0. The monoisotopic (exact) mass is 406 g/mol. The maximum Gasteiger partial charge on any atom is 0.258 e. The van der Waals surface area contributed by atoms with Gasteiger partial charge in [0.05, 0.1) is 16.5 Å². The summed E-state index contributed by atoms with van der Waals surface area (Å²) in [6.45, 7) is 2.62. The fourth-order valence-corrected chi connectivity index (χ4v) is 5.64. The molecule has 1 aromatic rings. The Hall–Kier alpha value is -1.87. The van der Waals surface area contributed by atoms with E-state index in [0.717, 1.165) is 29.3 Å². The van der Waals surface area contributed by atoms with Crippen LogP contribution in [0.1, 0.15) is 6.42 Å². The van der Waals surface area contributed by atoms with Crippen molar-refractivity contribution in [3.05, 3.63) is 24.3 Å². The first-order valence-corrected chi connectivity index (χ1v) is 12.0. The molecule has 9 heteroatoms. The standard InChI is InChI=1S/C18H22N4O3S2/c1-27(24,25)16-5-3-2-4-15(16)21-7-9-22(10-8-21)18-19-14-6-11-26-12-13(14)17(23)20-18/h2-5,13H,6-12H2,1H3. The van der Waals surface area contributed by atoms with Crippen LogP contribution in [0.4, 0.5) is 5.69 Å². The van der Waals surface area contributed by atoms with Crippen molar-refractivity contribution < 1.29 is 13.2 Å². The van der Waals surface area contributed by atoms with Crippen LogP contribution in [-0.2, 0) is 14.6 Å². The van der Waals surface area contributed by atoms with Crippen molar-refractivity contribution in [3.8, 4) is 0 Å². The minimum Gasteiger partial charge on any atom is -0.367 e. The molecule has 0 aliphatic carbocycles. The lowest BCUT2D eigenvalue weighted by molar-refractivity contribution is -0.119. The van der Waals surface area contributed by atoms with E-state index in [2.05, 4.69) is 14.9 Å². The topological polar surface area (TPSA) is 82.4 Å². The lowest BCUT2D eigenvalue weighted by Crippen LogP contribution is -2.50. The summed E-state index contributed by atoms with van der Waals surface area (Å²) in [7, 11) is -3.28. The average Bonchev–Trinajstić information content (AvgIpc) is 2.67. The van der Waals surface area contributed by atoms with Crippen molar-refractivity contribution in [2.45, 2.75) is 11.3 Å². The highest BCUT2D eigenvalue weighted by molar-refractivity contribution is 7.99. The third-order valence-corrected chi connectivity index (χ3v) is 7.32. The van der Waals surface area contributed by atoms with Gasteiger partial charge >= 0.3 is 0 Å². The lowest BCUT2D eigenvalue weighted by Gasteiger charge is -2.38. The summed E-state index contributed by atoms with van der Waals surface area (Å²) in [6, 6.07) is 7.09. The maximum absolute atomic E-state index is 12.3. The highest BCUT2D eigenvalue weighted by atomic mass is 32.2. The molecule has 144 valence electrons. The van der Waals surface area contributed by atoms with Crippen molar-refractivity contribution >= 4 is 44.9 Å². The molecule has 0 N–H and O–H groups in total. The summed E-state index contributed by atoms with van der Waals surface area (Å²) in [4.78, 5) is 25.7. The van der Waals surface area contributed by atoms with E-state index in [1.54, 1.807) is 23.9 Å². The van der Waals surface area contributed by atoms with E-state index in [4.69, 9.17) is 0 Å². The molecule has 1 aromatic carbocycles. The van der Waals surface area contributed by atoms with Gasteiger partial charge in [-0.15, -0.1) is 0 Å². The third kappa shape index (κ3) is 3.75. The molecule has 1 atom stereocenters. The number of hydrogen-bond donors (Lipinski definition) is 0. The summed E-state index contributed by atoms with van der Waals surface area (Å²) in [5, 5.41) is 0. The Bertz CT molecular complexity index is 918. The van der Waals surface area contributed by atoms with E-state index in [1.165, 1.54) is 6.26 Å². The van der Waals surface area contributed by atoms with E-state index in [1.807, 2.05) is 17.0 Å². The number of carbonyl (C=O) groups is 1. The van der Waals surface area contributed by atoms with Gasteiger partial charge in [-0.1, -0.05) is 12.1 Å². The number of thioether (sulfide) groups is 1. The minimum atomic E-state index is -3.28.